The molecule has 18 heavy (non-hydrogen) atoms. The molecule has 0 aliphatic carbocycles. The highest BCUT2D eigenvalue weighted by Gasteiger charge is 2.05. The van der Waals surface area contributed by atoms with Crippen LogP contribution in [0.1, 0.15) is 18.0 Å². The predicted octanol–water partition coefficient (Wildman–Crippen LogP) is 3.39. The fraction of sp³-hybridized carbons (Fsp3) is 0.200. The molecule has 0 saturated heterocycles. The third-order valence-corrected chi connectivity index (χ3v) is 3.21. The predicted molar refractivity (Wildman–Crippen MR) is 75.5 cm³/mol. The van der Waals surface area contributed by atoms with Crippen molar-refractivity contribution in [3.63, 3.8) is 0 Å². The number of benzene rings is 2. The molecule has 0 spiro atoms. The van der Waals surface area contributed by atoms with Crippen LogP contribution in [0.2, 0.25) is 5.02 Å². The van der Waals surface area contributed by atoms with Crippen molar-refractivity contribution < 1.29 is 5.11 Å². The van der Waals surface area contributed by atoms with Gasteiger partial charge in [-0.3, -0.25) is 0 Å². The fourth-order valence-electron chi connectivity index (χ4n) is 1.87. The van der Waals surface area contributed by atoms with Gasteiger partial charge in [0.05, 0.1) is 0 Å². The molecule has 0 bridgehead atoms. The molecule has 0 aliphatic heterocycles. The van der Waals surface area contributed by atoms with Gasteiger partial charge in [0.25, 0.3) is 0 Å². The summed E-state index contributed by atoms with van der Waals surface area (Å²) in [5.74, 6) is 0. The summed E-state index contributed by atoms with van der Waals surface area (Å²) in [7, 11) is 0. The zero-order valence-electron chi connectivity index (χ0n) is 10.0. The molecule has 0 saturated carbocycles. The van der Waals surface area contributed by atoms with Gasteiger partial charge in [-0.1, -0.05) is 48.0 Å². The van der Waals surface area contributed by atoms with Gasteiger partial charge < -0.3 is 10.8 Å². The Morgan fingerprint density at radius 2 is 1.44 bits per heavy atom. The van der Waals surface area contributed by atoms with Crippen LogP contribution < -0.4 is 5.73 Å². The smallest absolute Gasteiger partial charge is 0.0449 e. The molecule has 0 heterocycles. The lowest BCUT2D eigenvalue weighted by Gasteiger charge is -2.11. The monoisotopic (exact) mass is 261 g/mol. The van der Waals surface area contributed by atoms with Gasteiger partial charge in [-0.25, -0.2) is 0 Å². The van der Waals surface area contributed by atoms with E-state index in [-0.39, 0.29) is 12.6 Å². The Morgan fingerprint density at radius 1 is 0.944 bits per heavy atom. The number of hydrogen-bond acceptors (Lipinski definition) is 2. The minimum atomic E-state index is -0.103. The van der Waals surface area contributed by atoms with E-state index in [1.54, 1.807) is 0 Å². The molecule has 0 amide bonds. The Hall–Kier alpha value is -1.35. The first-order valence-electron chi connectivity index (χ1n) is 5.93. The van der Waals surface area contributed by atoms with Crippen LogP contribution in [0.5, 0.6) is 0 Å². The lowest BCUT2D eigenvalue weighted by molar-refractivity contribution is 0.276. The van der Waals surface area contributed by atoms with Gasteiger partial charge in [-0.15, -0.1) is 0 Å². The van der Waals surface area contributed by atoms with Crippen LogP contribution in [0, 0.1) is 0 Å². The summed E-state index contributed by atoms with van der Waals surface area (Å²) in [6.45, 7) is 0.111. The first-order chi connectivity index (χ1) is 8.70. The van der Waals surface area contributed by atoms with E-state index in [1.807, 2.05) is 48.5 Å². The molecule has 2 aromatic carbocycles. The average molecular weight is 262 g/mol. The van der Waals surface area contributed by atoms with Crippen molar-refractivity contribution in [1.82, 2.24) is 0 Å². The summed E-state index contributed by atoms with van der Waals surface area (Å²) in [5.41, 5.74) is 9.24. The van der Waals surface area contributed by atoms with Crippen molar-refractivity contribution in [2.45, 2.75) is 12.5 Å². The zero-order chi connectivity index (χ0) is 13.0. The molecular formula is C15H16ClNO. The second-order valence-corrected chi connectivity index (χ2v) is 4.68. The van der Waals surface area contributed by atoms with Gasteiger partial charge in [0.2, 0.25) is 0 Å². The van der Waals surface area contributed by atoms with Crippen molar-refractivity contribution in [1.29, 1.82) is 0 Å². The molecule has 1 atom stereocenters. The number of aliphatic hydroxyl groups excluding tert-OH is 1. The van der Waals surface area contributed by atoms with Crippen LogP contribution in [0.25, 0.3) is 11.1 Å². The minimum absolute atomic E-state index is 0.103. The van der Waals surface area contributed by atoms with Gasteiger partial charge in [0.15, 0.2) is 0 Å². The van der Waals surface area contributed by atoms with Crippen molar-refractivity contribution in [2.24, 2.45) is 5.73 Å². The van der Waals surface area contributed by atoms with Crippen LogP contribution in [-0.2, 0) is 0 Å². The molecule has 0 aromatic heterocycles. The van der Waals surface area contributed by atoms with E-state index in [0.29, 0.717) is 6.42 Å². The number of halogens is 1. The first-order valence-corrected chi connectivity index (χ1v) is 6.31. The zero-order valence-corrected chi connectivity index (χ0v) is 10.8. The Bertz CT molecular complexity index is 493. The van der Waals surface area contributed by atoms with Crippen LogP contribution in [-0.4, -0.2) is 11.7 Å². The largest absolute Gasteiger partial charge is 0.396 e. The van der Waals surface area contributed by atoms with Crippen LogP contribution in [0.3, 0.4) is 0 Å². The second kappa shape index (κ2) is 6.01. The Balaban J connectivity index is 2.19. The standard InChI is InChI=1S/C15H16ClNO/c16-14-7-5-12(6-8-14)11-1-3-13(4-2-11)15(17)9-10-18/h1-8,15,18H,9-10,17H2. The highest BCUT2D eigenvalue weighted by Crippen LogP contribution is 2.23. The van der Waals surface area contributed by atoms with Crippen molar-refractivity contribution in [3.05, 3.63) is 59.1 Å². The second-order valence-electron chi connectivity index (χ2n) is 4.25. The molecule has 3 N–H and O–H groups in total. The lowest BCUT2D eigenvalue weighted by Crippen LogP contribution is -2.11. The number of hydrogen-bond donors (Lipinski definition) is 2. The summed E-state index contributed by atoms with van der Waals surface area (Å²) in [4.78, 5) is 0. The maximum atomic E-state index is 8.86. The van der Waals surface area contributed by atoms with E-state index < -0.39 is 0 Å². The maximum absolute atomic E-state index is 8.86. The molecule has 1 unspecified atom stereocenters. The van der Waals surface area contributed by atoms with Crippen LogP contribution >= 0.6 is 11.6 Å². The maximum Gasteiger partial charge on any atom is 0.0449 e. The number of nitrogens with two attached hydrogens (primary N) is 1. The summed E-state index contributed by atoms with van der Waals surface area (Å²) < 4.78 is 0. The minimum Gasteiger partial charge on any atom is -0.396 e. The van der Waals surface area contributed by atoms with Crippen LogP contribution in [0.15, 0.2) is 48.5 Å². The Labute approximate surface area is 112 Å². The summed E-state index contributed by atoms with van der Waals surface area (Å²) in [5, 5.41) is 9.60. The highest BCUT2D eigenvalue weighted by atomic mass is 35.5. The number of aliphatic hydroxyl groups is 1. The van der Waals surface area contributed by atoms with Gasteiger partial charge in [0, 0.05) is 17.7 Å². The van der Waals surface area contributed by atoms with Crippen molar-refractivity contribution in [2.75, 3.05) is 6.61 Å². The van der Waals surface area contributed by atoms with E-state index in [0.717, 1.165) is 21.7 Å². The van der Waals surface area contributed by atoms with E-state index >= 15 is 0 Å². The molecule has 3 heteroatoms. The molecule has 0 radical (unpaired) electrons. The SMILES string of the molecule is NC(CCO)c1ccc(-c2ccc(Cl)cc2)cc1. The third kappa shape index (κ3) is 3.10. The molecular weight excluding hydrogens is 246 g/mol. The van der Waals surface area contributed by atoms with Gasteiger partial charge >= 0.3 is 0 Å². The third-order valence-electron chi connectivity index (χ3n) is 2.96. The number of rotatable bonds is 4. The Kier molecular flexibility index (Phi) is 4.37. The van der Waals surface area contributed by atoms with E-state index in [2.05, 4.69) is 0 Å². The molecule has 2 nitrogen and oxygen atoms in total. The summed E-state index contributed by atoms with van der Waals surface area (Å²) in [6.07, 6.45) is 0.584. The normalized spacial score (nSPS) is 12.4. The van der Waals surface area contributed by atoms with Crippen LogP contribution in [0.4, 0.5) is 0 Å². The first kappa shape index (κ1) is 13.1. The van der Waals surface area contributed by atoms with E-state index in [4.69, 9.17) is 22.4 Å². The highest BCUT2D eigenvalue weighted by molar-refractivity contribution is 6.30. The molecule has 2 rings (SSSR count). The van der Waals surface area contributed by atoms with Crippen molar-refractivity contribution in [3.8, 4) is 11.1 Å². The van der Waals surface area contributed by atoms with Gasteiger partial charge in [0.1, 0.15) is 0 Å². The molecule has 0 fully saturated rings. The summed E-state index contributed by atoms with van der Waals surface area (Å²) in [6, 6.07) is 15.7. The molecule has 0 aliphatic rings. The van der Waals surface area contributed by atoms with E-state index in [9.17, 15) is 0 Å². The fourth-order valence-corrected chi connectivity index (χ4v) is 2.00. The average Bonchev–Trinajstić information content (AvgIpc) is 2.40. The molecule has 94 valence electrons. The Morgan fingerprint density at radius 3 is 1.94 bits per heavy atom. The van der Waals surface area contributed by atoms with Crippen molar-refractivity contribution >= 4 is 11.6 Å². The molecule has 2 aromatic rings. The van der Waals surface area contributed by atoms with Gasteiger partial charge in [-0.2, -0.15) is 0 Å². The summed E-state index contributed by atoms with van der Waals surface area (Å²) >= 11 is 5.86. The lowest BCUT2D eigenvalue weighted by atomic mass is 10.00. The quantitative estimate of drug-likeness (QED) is 0.886. The topological polar surface area (TPSA) is 46.2 Å². The van der Waals surface area contributed by atoms with Gasteiger partial charge in [-0.05, 0) is 35.2 Å². The van der Waals surface area contributed by atoms with E-state index in [1.165, 1.54) is 0 Å².